The number of hydrogen-bond donors (Lipinski definition) is 1. The summed E-state index contributed by atoms with van der Waals surface area (Å²) in [5, 5.41) is 12.7. The number of para-hydroxylation sites is 1. The van der Waals surface area contributed by atoms with Gasteiger partial charge in [-0.05, 0) is 115 Å². The van der Waals surface area contributed by atoms with E-state index >= 15 is 0 Å². The summed E-state index contributed by atoms with van der Waals surface area (Å²) in [5.74, 6) is 1.56. The van der Waals surface area contributed by atoms with Crippen molar-refractivity contribution in [3.63, 3.8) is 0 Å². The van der Waals surface area contributed by atoms with Crippen molar-refractivity contribution in [2.75, 3.05) is 0 Å². The SMILES string of the molecule is CC(C)c1cc(C(C)(C)C)cc(C(C)C)c1-n1c(-c2cc(C(C)(C)C)cc(C(C)(C)C)c2O)nc2c(-c3cc(-c4cc(-c5ccccc5)ccn4)cc(C(C)c4ccccc4)c3)cccc21. The highest BCUT2D eigenvalue weighted by Gasteiger charge is 2.31. The molecule has 0 saturated heterocycles. The lowest BCUT2D eigenvalue weighted by molar-refractivity contribution is 0.446. The van der Waals surface area contributed by atoms with Gasteiger partial charge < -0.3 is 5.11 Å². The number of nitrogens with zero attached hydrogens (tertiary/aromatic N) is 3. The van der Waals surface area contributed by atoms with E-state index in [0.717, 1.165) is 72.7 Å². The molecule has 1 atom stereocenters. The Morgan fingerprint density at radius 3 is 1.68 bits per heavy atom. The zero-order valence-electron chi connectivity index (χ0n) is 41.8. The maximum Gasteiger partial charge on any atom is 0.149 e. The zero-order valence-corrected chi connectivity index (χ0v) is 41.8. The van der Waals surface area contributed by atoms with Gasteiger partial charge in [0.15, 0.2) is 0 Å². The molecule has 0 aliphatic carbocycles. The Bertz CT molecular complexity index is 3010. The summed E-state index contributed by atoms with van der Waals surface area (Å²) in [4.78, 5) is 10.8. The van der Waals surface area contributed by atoms with E-state index in [1.165, 1.54) is 27.8 Å². The first-order chi connectivity index (χ1) is 31.1. The van der Waals surface area contributed by atoms with E-state index < -0.39 is 0 Å². The average molecular weight is 872 g/mol. The van der Waals surface area contributed by atoms with E-state index in [1.54, 1.807) is 0 Å². The molecule has 4 heteroatoms. The lowest BCUT2D eigenvalue weighted by Crippen LogP contribution is -2.18. The lowest BCUT2D eigenvalue weighted by atomic mass is 9.78. The number of rotatable bonds is 9. The van der Waals surface area contributed by atoms with Crippen molar-refractivity contribution in [3.8, 4) is 56.3 Å². The van der Waals surface area contributed by atoms with Crippen molar-refractivity contribution >= 4 is 11.0 Å². The fourth-order valence-corrected chi connectivity index (χ4v) is 9.34. The van der Waals surface area contributed by atoms with Crippen LogP contribution in [-0.4, -0.2) is 19.6 Å². The topological polar surface area (TPSA) is 50.9 Å². The summed E-state index contributed by atoms with van der Waals surface area (Å²) in [6, 6.07) is 48.4. The molecule has 0 fully saturated rings. The molecule has 0 radical (unpaired) electrons. The molecule has 6 aromatic carbocycles. The van der Waals surface area contributed by atoms with Crippen LogP contribution in [0.25, 0.3) is 61.6 Å². The highest BCUT2D eigenvalue weighted by molar-refractivity contribution is 5.97. The van der Waals surface area contributed by atoms with Gasteiger partial charge in [0, 0.05) is 28.8 Å². The largest absolute Gasteiger partial charge is 0.507 e. The summed E-state index contributed by atoms with van der Waals surface area (Å²) in [5.41, 5.74) is 18.0. The Balaban J connectivity index is 1.49. The molecule has 1 N–H and O–H groups in total. The molecule has 0 bridgehead atoms. The number of aromatic nitrogens is 3. The number of hydrogen-bond acceptors (Lipinski definition) is 3. The Kier molecular flexibility index (Phi) is 12.3. The number of benzene rings is 6. The molecule has 4 nitrogen and oxygen atoms in total. The average Bonchev–Trinajstić information content (AvgIpc) is 3.67. The van der Waals surface area contributed by atoms with Gasteiger partial charge in [0.1, 0.15) is 11.6 Å². The minimum Gasteiger partial charge on any atom is -0.507 e. The highest BCUT2D eigenvalue weighted by atomic mass is 16.3. The minimum absolute atomic E-state index is 0.0468. The second-order valence-electron chi connectivity index (χ2n) is 22.2. The second-order valence-corrected chi connectivity index (χ2v) is 22.2. The van der Waals surface area contributed by atoms with Gasteiger partial charge >= 0.3 is 0 Å². The van der Waals surface area contributed by atoms with Gasteiger partial charge in [0.05, 0.1) is 28.0 Å². The van der Waals surface area contributed by atoms with Crippen LogP contribution >= 0.6 is 0 Å². The highest BCUT2D eigenvalue weighted by Crippen LogP contribution is 2.47. The molecule has 8 aromatic rings. The third-order valence-electron chi connectivity index (χ3n) is 13.4. The fourth-order valence-electron chi connectivity index (χ4n) is 9.34. The maximum absolute atomic E-state index is 12.7. The van der Waals surface area contributed by atoms with Crippen LogP contribution in [0.3, 0.4) is 0 Å². The zero-order chi connectivity index (χ0) is 47.5. The molecule has 8 rings (SSSR count). The number of imidazole rings is 1. The Morgan fingerprint density at radius 2 is 1.09 bits per heavy atom. The van der Waals surface area contributed by atoms with E-state index in [-0.39, 0.29) is 39.7 Å². The molecule has 66 heavy (non-hydrogen) atoms. The first-order valence-electron chi connectivity index (χ1n) is 23.9. The van der Waals surface area contributed by atoms with Crippen LogP contribution in [0.15, 0.2) is 140 Å². The van der Waals surface area contributed by atoms with Crippen LogP contribution in [0.1, 0.15) is 154 Å². The van der Waals surface area contributed by atoms with E-state index in [4.69, 9.17) is 9.97 Å². The number of pyridine rings is 1. The molecule has 0 aliphatic rings. The summed E-state index contributed by atoms with van der Waals surface area (Å²) < 4.78 is 2.39. The Morgan fingerprint density at radius 1 is 0.500 bits per heavy atom. The van der Waals surface area contributed by atoms with E-state index in [2.05, 4.69) is 235 Å². The van der Waals surface area contributed by atoms with Crippen LogP contribution in [0, 0.1) is 0 Å². The molecule has 0 saturated carbocycles. The van der Waals surface area contributed by atoms with Crippen molar-refractivity contribution in [3.05, 3.63) is 179 Å². The molecule has 2 aromatic heterocycles. The number of phenolic OH excluding ortho intramolecular Hbond substituents is 1. The van der Waals surface area contributed by atoms with Gasteiger partial charge in [-0.3, -0.25) is 9.55 Å². The fraction of sp³-hybridized carbons (Fsp3) is 0.323. The third-order valence-corrected chi connectivity index (χ3v) is 13.4. The van der Waals surface area contributed by atoms with Crippen LogP contribution in [0.2, 0.25) is 0 Å². The van der Waals surface area contributed by atoms with Crippen molar-refractivity contribution in [2.24, 2.45) is 0 Å². The summed E-state index contributed by atoms with van der Waals surface area (Å²) in [6.45, 7) is 31.7. The summed E-state index contributed by atoms with van der Waals surface area (Å²) >= 11 is 0. The van der Waals surface area contributed by atoms with Gasteiger partial charge in [0.2, 0.25) is 0 Å². The first kappa shape index (κ1) is 46.3. The van der Waals surface area contributed by atoms with Gasteiger partial charge in [-0.2, -0.15) is 0 Å². The minimum atomic E-state index is -0.319. The normalized spacial score (nSPS) is 13.0. The van der Waals surface area contributed by atoms with Crippen LogP contribution in [-0.2, 0) is 16.2 Å². The molecular formula is C62H69N3O. The van der Waals surface area contributed by atoms with Crippen molar-refractivity contribution in [2.45, 2.75) is 131 Å². The second kappa shape index (κ2) is 17.5. The smallest absolute Gasteiger partial charge is 0.149 e. The molecular weight excluding hydrogens is 803 g/mol. The van der Waals surface area contributed by atoms with Crippen LogP contribution in [0.5, 0.6) is 5.75 Å². The van der Waals surface area contributed by atoms with Gasteiger partial charge in [-0.25, -0.2) is 4.98 Å². The molecule has 0 spiro atoms. The Labute approximate surface area is 394 Å². The van der Waals surface area contributed by atoms with Crippen molar-refractivity contribution in [1.82, 2.24) is 14.5 Å². The van der Waals surface area contributed by atoms with E-state index in [9.17, 15) is 5.11 Å². The third kappa shape index (κ3) is 9.00. The van der Waals surface area contributed by atoms with Gasteiger partial charge in [0.25, 0.3) is 0 Å². The Hall–Kier alpha value is -6.26. The number of phenols is 1. The predicted molar refractivity (Wildman–Crippen MR) is 281 cm³/mol. The van der Waals surface area contributed by atoms with Gasteiger partial charge in [-0.1, -0.05) is 194 Å². The lowest BCUT2D eigenvalue weighted by Gasteiger charge is -2.29. The number of aromatic hydroxyl groups is 1. The first-order valence-corrected chi connectivity index (χ1v) is 23.9. The monoisotopic (exact) mass is 872 g/mol. The molecule has 0 aliphatic heterocycles. The standard InChI is InChI=1S/C62H69N3O/c1-38(2)50-34-47(60(6,7)8)35-51(39(3)4)57(50)65-55-27-21-26-49(56(55)64-59(65)52-36-48(61(9,10)11)37-53(58(52)66)62(12,13)14)45-30-44(40(5)41-22-17-15-18-23-41)31-46(32-45)54-33-43(28-29-63-54)42-24-19-16-20-25-42/h15-40,66H,1-14H3. The van der Waals surface area contributed by atoms with E-state index in [0.29, 0.717) is 0 Å². The quantitative estimate of drug-likeness (QED) is 0.157. The van der Waals surface area contributed by atoms with E-state index in [1.807, 2.05) is 6.20 Å². The number of fused-ring (bicyclic) bond motifs is 1. The summed E-state index contributed by atoms with van der Waals surface area (Å²) in [7, 11) is 0. The molecule has 2 heterocycles. The van der Waals surface area contributed by atoms with Crippen LogP contribution < -0.4 is 0 Å². The van der Waals surface area contributed by atoms with Crippen LogP contribution in [0.4, 0.5) is 0 Å². The molecule has 1 unspecified atom stereocenters. The van der Waals surface area contributed by atoms with Crippen molar-refractivity contribution < 1.29 is 5.11 Å². The predicted octanol–water partition coefficient (Wildman–Crippen LogP) is 17.1. The molecule has 0 amide bonds. The maximum atomic E-state index is 12.7. The van der Waals surface area contributed by atoms with Gasteiger partial charge in [-0.15, -0.1) is 0 Å². The molecule has 338 valence electrons. The van der Waals surface area contributed by atoms with Crippen molar-refractivity contribution in [1.29, 1.82) is 0 Å². The summed E-state index contributed by atoms with van der Waals surface area (Å²) in [6.07, 6.45) is 1.92.